The predicted octanol–water partition coefficient (Wildman–Crippen LogP) is 3.81. The summed E-state index contributed by atoms with van der Waals surface area (Å²) < 4.78 is 19.2. The van der Waals surface area contributed by atoms with Crippen LogP contribution >= 0.6 is 11.3 Å². The number of thiophene rings is 1. The van der Waals surface area contributed by atoms with Gasteiger partial charge in [0.05, 0.1) is 11.9 Å². The lowest BCUT2D eigenvalue weighted by Crippen LogP contribution is -2.21. The molecule has 0 atom stereocenters. The summed E-state index contributed by atoms with van der Waals surface area (Å²) in [5.74, 6) is -1.00. The zero-order valence-electron chi connectivity index (χ0n) is 13.6. The van der Waals surface area contributed by atoms with Crippen LogP contribution in [0.4, 0.5) is 26.4 Å². The molecule has 0 spiro atoms. The van der Waals surface area contributed by atoms with Gasteiger partial charge in [-0.1, -0.05) is 18.2 Å². The number of ether oxygens (including phenoxy) is 1. The third-order valence-corrected chi connectivity index (χ3v) is 3.85. The molecule has 0 bridgehead atoms. The van der Waals surface area contributed by atoms with E-state index in [2.05, 4.69) is 25.9 Å². The third kappa shape index (κ3) is 5.15. The van der Waals surface area contributed by atoms with Crippen LogP contribution in [-0.2, 0) is 0 Å². The van der Waals surface area contributed by atoms with E-state index in [1.807, 2.05) is 35.7 Å². The number of benzene rings is 1. The normalized spacial score (nSPS) is 10.2. The van der Waals surface area contributed by atoms with Crippen LogP contribution in [0, 0.1) is 5.82 Å². The number of hydrogen-bond donors (Lipinski definition) is 3. The van der Waals surface area contributed by atoms with Crippen LogP contribution in [-0.4, -0.2) is 29.2 Å². The van der Waals surface area contributed by atoms with Crippen molar-refractivity contribution in [3.63, 3.8) is 0 Å². The highest BCUT2D eigenvalue weighted by Crippen LogP contribution is 2.15. The van der Waals surface area contributed by atoms with Crippen LogP contribution in [0.3, 0.4) is 0 Å². The van der Waals surface area contributed by atoms with Gasteiger partial charge in [0.1, 0.15) is 6.61 Å². The summed E-state index contributed by atoms with van der Waals surface area (Å²) in [4.78, 5) is 19.5. The minimum atomic E-state index is -0.750. The first kappa shape index (κ1) is 17.6. The van der Waals surface area contributed by atoms with Gasteiger partial charge in [0, 0.05) is 17.6 Å². The summed E-state index contributed by atoms with van der Waals surface area (Å²) in [7, 11) is 0. The molecular weight excluding hydrogens is 357 g/mol. The van der Waals surface area contributed by atoms with E-state index in [0.717, 1.165) is 11.9 Å². The van der Waals surface area contributed by atoms with E-state index in [9.17, 15) is 9.18 Å². The SMILES string of the molecule is O=C(Nc1ccsc1)Nc1nc(OCCNc2ccccc2)ncc1F. The molecule has 2 amide bonds. The number of aromatic nitrogens is 2. The number of urea groups is 1. The van der Waals surface area contributed by atoms with Gasteiger partial charge in [0.2, 0.25) is 0 Å². The Bertz CT molecular complexity index is 846. The molecule has 9 heteroatoms. The molecule has 26 heavy (non-hydrogen) atoms. The first-order valence-corrected chi connectivity index (χ1v) is 8.69. The Morgan fingerprint density at radius 3 is 2.77 bits per heavy atom. The van der Waals surface area contributed by atoms with E-state index in [-0.39, 0.29) is 18.4 Å². The Hall–Kier alpha value is -3.20. The molecule has 3 N–H and O–H groups in total. The molecule has 0 saturated heterocycles. The standard InChI is InChI=1S/C17H16FN5O2S/c18-14-10-20-17(25-8-7-19-12-4-2-1-3-5-12)23-15(14)22-16(24)21-13-6-9-26-11-13/h1-6,9-11,19H,7-8H2,(H2,20,21,22,23,24). The maximum absolute atomic E-state index is 13.8. The molecule has 0 radical (unpaired) electrons. The van der Waals surface area contributed by atoms with Crippen LogP contribution in [0.15, 0.2) is 53.4 Å². The zero-order chi connectivity index (χ0) is 18.2. The second-order valence-corrected chi connectivity index (χ2v) is 5.86. The van der Waals surface area contributed by atoms with E-state index in [1.54, 1.807) is 11.4 Å². The molecule has 0 saturated carbocycles. The molecule has 2 heterocycles. The second-order valence-electron chi connectivity index (χ2n) is 5.08. The average Bonchev–Trinajstić information content (AvgIpc) is 3.15. The number of rotatable bonds is 7. The molecular formula is C17H16FN5O2S. The summed E-state index contributed by atoms with van der Waals surface area (Å²) in [5.41, 5.74) is 1.58. The van der Waals surface area contributed by atoms with Crippen molar-refractivity contribution in [1.82, 2.24) is 9.97 Å². The predicted molar refractivity (Wildman–Crippen MR) is 99.4 cm³/mol. The molecule has 7 nitrogen and oxygen atoms in total. The monoisotopic (exact) mass is 373 g/mol. The molecule has 0 fully saturated rings. The van der Waals surface area contributed by atoms with Crippen molar-refractivity contribution in [2.24, 2.45) is 0 Å². The molecule has 0 aliphatic rings. The van der Waals surface area contributed by atoms with Crippen molar-refractivity contribution in [2.45, 2.75) is 0 Å². The van der Waals surface area contributed by atoms with Gasteiger partial charge in [0.15, 0.2) is 11.6 Å². The van der Waals surface area contributed by atoms with Crippen LogP contribution in [0.25, 0.3) is 0 Å². The fourth-order valence-corrected chi connectivity index (χ4v) is 2.60. The Morgan fingerprint density at radius 1 is 1.15 bits per heavy atom. The Kier molecular flexibility index (Phi) is 5.94. The Labute approximate surface area is 153 Å². The minimum absolute atomic E-state index is 0.0212. The number of carbonyl (C=O) groups excluding carboxylic acids is 1. The van der Waals surface area contributed by atoms with Crippen LogP contribution in [0.5, 0.6) is 6.01 Å². The van der Waals surface area contributed by atoms with Crippen molar-refractivity contribution < 1.29 is 13.9 Å². The molecule has 2 aromatic heterocycles. The zero-order valence-corrected chi connectivity index (χ0v) is 14.4. The number of nitrogens with one attached hydrogen (secondary N) is 3. The molecule has 3 aromatic rings. The number of halogens is 1. The quantitative estimate of drug-likeness (QED) is 0.548. The summed E-state index contributed by atoms with van der Waals surface area (Å²) in [6, 6.07) is 10.7. The lowest BCUT2D eigenvalue weighted by molar-refractivity contribution is 0.262. The number of para-hydroxylation sites is 1. The second kappa shape index (κ2) is 8.77. The largest absolute Gasteiger partial charge is 0.462 e. The van der Waals surface area contributed by atoms with E-state index >= 15 is 0 Å². The van der Waals surface area contributed by atoms with Gasteiger partial charge in [-0.15, -0.1) is 0 Å². The number of carbonyl (C=O) groups is 1. The molecule has 0 unspecified atom stereocenters. The smallest absolute Gasteiger partial charge is 0.324 e. The highest BCUT2D eigenvalue weighted by atomic mass is 32.1. The van der Waals surface area contributed by atoms with Crippen LogP contribution in [0.2, 0.25) is 0 Å². The Morgan fingerprint density at radius 2 is 2.00 bits per heavy atom. The van der Waals surface area contributed by atoms with Crippen molar-refractivity contribution >= 4 is 34.6 Å². The Balaban J connectivity index is 1.51. The molecule has 0 aliphatic heterocycles. The number of hydrogen-bond acceptors (Lipinski definition) is 6. The van der Waals surface area contributed by atoms with Crippen LogP contribution < -0.4 is 20.7 Å². The fourth-order valence-electron chi connectivity index (χ4n) is 2.01. The van der Waals surface area contributed by atoms with Crippen LogP contribution in [0.1, 0.15) is 0 Å². The highest BCUT2D eigenvalue weighted by molar-refractivity contribution is 7.08. The van der Waals surface area contributed by atoms with Crippen molar-refractivity contribution in [1.29, 1.82) is 0 Å². The molecule has 134 valence electrons. The summed E-state index contributed by atoms with van der Waals surface area (Å²) in [5, 5.41) is 11.6. The van der Waals surface area contributed by atoms with Crippen molar-refractivity contribution in [2.75, 3.05) is 29.1 Å². The van der Waals surface area contributed by atoms with Gasteiger partial charge < -0.3 is 15.4 Å². The van der Waals surface area contributed by atoms with Gasteiger partial charge in [0.25, 0.3) is 0 Å². The first-order valence-electron chi connectivity index (χ1n) is 7.75. The minimum Gasteiger partial charge on any atom is -0.462 e. The lowest BCUT2D eigenvalue weighted by atomic mass is 10.3. The number of amides is 2. The molecule has 3 rings (SSSR count). The maximum atomic E-state index is 13.8. The number of nitrogens with zero attached hydrogens (tertiary/aromatic N) is 2. The topological polar surface area (TPSA) is 88.2 Å². The van der Waals surface area contributed by atoms with Gasteiger partial charge in [-0.2, -0.15) is 16.3 Å². The van der Waals surface area contributed by atoms with E-state index in [1.165, 1.54) is 11.3 Å². The van der Waals surface area contributed by atoms with E-state index in [4.69, 9.17) is 4.74 Å². The van der Waals surface area contributed by atoms with Gasteiger partial charge in [-0.05, 0) is 23.6 Å². The number of anilines is 3. The van der Waals surface area contributed by atoms with Gasteiger partial charge in [-0.3, -0.25) is 5.32 Å². The van der Waals surface area contributed by atoms with Crippen molar-refractivity contribution in [3.8, 4) is 6.01 Å². The third-order valence-electron chi connectivity index (χ3n) is 3.17. The summed E-state index contributed by atoms with van der Waals surface area (Å²) in [6.45, 7) is 0.799. The van der Waals surface area contributed by atoms with Gasteiger partial charge >= 0.3 is 12.0 Å². The first-order chi connectivity index (χ1) is 12.7. The summed E-state index contributed by atoms with van der Waals surface area (Å²) in [6.07, 6.45) is 0.952. The molecule has 0 aliphatic carbocycles. The fraction of sp³-hybridized carbons (Fsp3) is 0.118. The molecule has 1 aromatic carbocycles. The van der Waals surface area contributed by atoms with E-state index < -0.39 is 11.8 Å². The average molecular weight is 373 g/mol. The summed E-state index contributed by atoms with van der Waals surface area (Å²) >= 11 is 1.43. The lowest BCUT2D eigenvalue weighted by Gasteiger charge is -2.09. The van der Waals surface area contributed by atoms with E-state index in [0.29, 0.717) is 12.2 Å². The highest BCUT2D eigenvalue weighted by Gasteiger charge is 2.11. The van der Waals surface area contributed by atoms with Gasteiger partial charge in [-0.25, -0.2) is 14.2 Å². The van der Waals surface area contributed by atoms with Crippen molar-refractivity contribution in [3.05, 3.63) is 59.2 Å². The maximum Gasteiger partial charge on any atom is 0.324 e.